The molecule has 0 aliphatic carbocycles. The van der Waals surface area contributed by atoms with E-state index in [-0.39, 0.29) is 5.56 Å². The minimum Gasteiger partial charge on any atom is -0.321 e. The molecule has 0 bridgehead atoms. The molecule has 0 atom stereocenters. The highest BCUT2D eigenvalue weighted by molar-refractivity contribution is 5.93. The van der Waals surface area contributed by atoms with Gasteiger partial charge < -0.3 is 4.98 Å². The van der Waals surface area contributed by atoms with E-state index in [0.717, 1.165) is 44.2 Å². The van der Waals surface area contributed by atoms with E-state index >= 15 is 0 Å². The Morgan fingerprint density at radius 1 is 0.906 bits per heavy atom. The van der Waals surface area contributed by atoms with Crippen molar-refractivity contribution in [3.05, 3.63) is 99.8 Å². The van der Waals surface area contributed by atoms with Gasteiger partial charge >= 0.3 is 0 Å². The smallest absolute Gasteiger partial charge is 0.257 e. The lowest BCUT2D eigenvalue weighted by Crippen LogP contribution is -2.12. The molecule has 6 heteroatoms. The van der Waals surface area contributed by atoms with Gasteiger partial charge in [-0.2, -0.15) is 5.10 Å². The van der Waals surface area contributed by atoms with Gasteiger partial charge in [0.2, 0.25) is 5.95 Å². The van der Waals surface area contributed by atoms with Crippen LogP contribution in [0.15, 0.2) is 82.7 Å². The predicted molar refractivity (Wildman–Crippen MR) is 130 cm³/mol. The van der Waals surface area contributed by atoms with Gasteiger partial charge in [0.1, 0.15) is 0 Å². The summed E-state index contributed by atoms with van der Waals surface area (Å²) in [5, 5.41) is 6.16. The molecule has 0 radical (unpaired) electrons. The topological polar surface area (TPSA) is 83.0 Å². The predicted octanol–water partition coefficient (Wildman–Crippen LogP) is 5.20. The van der Waals surface area contributed by atoms with Crippen molar-refractivity contribution in [2.24, 2.45) is 5.10 Å². The van der Waals surface area contributed by atoms with Gasteiger partial charge in [-0.25, -0.2) is 15.4 Å². The third-order valence-electron chi connectivity index (χ3n) is 5.30. The Labute approximate surface area is 184 Å². The molecule has 2 aromatic heterocycles. The van der Waals surface area contributed by atoms with Gasteiger partial charge in [0, 0.05) is 16.5 Å². The average Bonchev–Trinajstić information content (AvgIpc) is 2.80. The number of hydrazone groups is 1. The van der Waals surface area contributed by atoms with Crippen molar-refractivity contribution in [2.75, 3.05) is 5.43 Å². The first-order valence-electron chi connectivity index (χ1n) is 10.3. The van der Waals surface area contributed by atoms with Crippen LogP contribution in [0.1, 0.15) is 16.7 Å². The lowest BCUT2D eigenvalue weighted by molar-refractivity contribution is 1.15. The van der Waals surface area contributed by atoms with E-state index in [0.29, 0.717) is 11.5 Å². The van der Waals surface area contributed by atoms with Crippen LogP contribution in [0, 0.1) is 13.8 Å². The second-order valence-electron chi connectivity index (χ2n) is 7.80. The molecule has 32 heavy (non-hydrogen) atoms. The van der Waals surface area contributed by atoms with Crippen LogP contribution in [0.4, 0.5) is 5.95 Å². The van der Waals surface area contributed by atoms with Crippen LogP contribution < -0.4 is 11.0 Å². The molecule has 156 valence electrons. The fourth-order valence-corrected chi connectivity index (χ4v) is 3.70. The van der Waals surface area contributed by atoms with Crippen LogP contribution in [0.3, 0.4) is 0 Å². The number of aromatic amines is 1. The summed E-state index contributed by atoms with van der Waals surface area (Å²) in [7, 11) is 0. The number of nitrogens with one attached hydrogen (secondary N) is 2. The molecule has 6 nitrogen and oxygen atoms in total. The third-order valence-corrected chi connectivity index (χ3v) is 5.30. The minimum absolute atomic E-state index is 0.200. The number of hydrogen-bond acceptors (Lipinski definition) is 5. The van der Waals surface area contributed by atoms with Crippen LogP contribution in [-0.4, -0.2) is 21.2 Å². The monoisotopic (exact) mass is 419 g/mol. The molecular formula is C26H21N5O. The van der Waals surface area contributed by atoms with Gasteiger partial charge in [-0.3, -0.25) is 4.79 Å². The third kappa shape index (κ3) is 3.86. The fourth-order valence-electron chi connectivity index (χ4n) is 3.70. The minimum atomic E-state index is -0.200. The summed E-state index contributed by atoms with van der Waals surface area (Å²) in [6.45, 7) is 4.04. The van der Waals surface area contributed by atoms with E-state index in [4.69, 9.17) is 4.98 Å². The maximum atomic E-state index is 12.4. The van der Waals surface area contributed by atoms with Crippen molar-refractivity contribution in [3.8, 4) is 11.3 Å². The lowest BCUT2D eigenvalue weighted by atomic mass is 10.0. The number of benzene rings is 3. The van der Waals surface area contributed by atoms with Crippen molar-refractivity contribution in [3.63, 3.8) is 0 Å². The second-order valence-corrected chi connectivity index (χ2v) is 7.80. The SMILES string of the molecule is Cc1ccc2cc(/C=N\Nc3nc(-c4ccccc4)c4cc(C)ccc4n3)c(=O)[nH]c2c1. The molecule has 0 saturated heterocycles. The zero-order valence-electron chi connectivity index (χ0n) is 17.8. The van der Waals surface area contributed by atoms with Crippen LogP contribution in [-0.2, 0) is 0 Å². The van der Waals surface area contributed by atoms with E-state index in [9.17, 15) is 4.79 Å². The maximum absolute atomic E-state index is 12.4. The number of H-pyrrole nitrogens is 1. The molecule has 0 fully saturated rings. The molecule has 0 spiro atoms. The summed E-state index contributed by atoms with van der Waals surface area (Å²) in [6, 6.07) is 23.8. The van der Waals surface area contributed by atoms with E-state index in [1.807, 2.05) is 80.6 Å². The molecule has 0 saturated carbocycles. The summed E-state index contributed by atoms with van der Waals surface area (Å²) in [5.74, 6) is 0.365. The molecule has 0 aliphatic heterocycles. The Balaban J connectivity index is 1.51. The van der Waals surface area contributed by atoms with Crippen LogP contribution in [0.5, 0.6) is 0 Å². The number of aromatic nitrogens is 3. The Hall–Kier alpha value is -4.32. The number of fused-ring (bicyclic) bond motifs is 2. The normalized spacial score (nSPS) is 11.4. The zero-order chi connectivity index (χ0) is 22.1. The molecular weight excluding hydrogens is 398 g/mol. The van der Waals surface area contributed by atoms with Crippen molar-refractivity contribution >= 4 is 34.0 Å². The van der Waals surface area contributed by atoms with E-state index in [2.05, 4.69) is 26.6 Å². The van der Waals surface area contributed by atoms with Crippen LogP contribution in [0.2, 0.25) is 0 Å². The standard InChI is InChI=1S/C26H21N5O/c1-16-9-11-22-21(12-16)24(18-6-4-3-5-7-18)30-26(29-22)31-27-15-20-14-19-10-8-17(2)13-23(19)28-25(20)32/h3-15H,1-2H3,(H,28,32)(H,29,30,31)/b27-15-. The Kier molecular flexibility index (Phi) is 4.95. The summed E-state index contributed by atoms with van der Waals surface area (Å²) in [5.41, 5.74) is 8.83. The molecule has 0 amide bonds. The molecule has 5 rings (SSSR count). The largest absolute Gasteiger partial charge is 0.321 e. The highest BCUT2D eigenvalue weighted by atomic mass is 16.1. The first-order chi connectivity index (χ1) is 15.6. The van der Waals surface area contributed by atoms with Crippen molar-refractivity contribution < 1.29 is 0 Å². The molecule has 3 aromatic carbocycles. The zero-order valence-corrected chi connectivity index (χ0v) is 17.8. The number of rotatable bonds is 4. The Morgan fingerprint density at radius 2 is 1.69 bits per heavy atom. The van der Waals surface area contributed by atoms with Gasteiger partial charge in [-0.15, -0.1) is 0 Å². The first-order valence-corrected chi connectivity index (χ1v) is 10.3. The van der Waals surface area contributed by atoms with Gasteiger partial charge in [-0.05, 0) is 49.1 Å². The summed E-state index contributed by atoms with van der Waals surface area (Å²) in [6.07, 6.45) is 1.49. The quantitative estimate of drug-likeness (QED) is 0.310. The van der Waals surface area contributed by atoms with E-state index in [1.54, 1.807) is 0 Å². The lowest BCUT2D eigenvalue weighted by Gasteiger charge is -2.09. The van der Waals surface area contributed by atoms with Crippen molar-refractivity contribution in [1.82, 2.24) is 15.0 Å². The Bertz CT molecular complexity index is 1540. The Morgan fingerprint density at radius 3 is 2.53 bits per heavy atom. The van der Waals surface area contributed by atoms with Crippen LogP contribution in [0.25, 0.3) is 33.1 Å². The highest BCUT2D eigenvalue weighted by Gasteiger charge is 2.10. The number of anilines is 1. The van der Waals surface area contributed by atoms with Gasteiger partial charge in [0.25, 0.3) is 5.56 Å². The van der Waals surface area contributed by atoms with E-state index in [1.165, 1.54) is 6.21 Å². The molecule has 5 aromatic rings. The van der Waals surface area contributed by atoms with Crippen LogP contribution >= 0.6 is 0 Å². The fraction of sp³-hybridized carbons (Fsp3) is 0.0769. The molecule has 2 N–H and O–H groups in total. The number of hydrogen-bond donors (Lipinski definition) is 2. The van der Waals surface area contributed by atoms with Gasteiger partial charge in [0.15, 0.2) is 0 Å². The molecule has 2 heterocycles. The molecule has 0 aliphatic rings. The molecule has 0 unspecified atom stereocenters. The van der Waals surface area contributed by atoms with Gasteiger partial charge in [-0.1, -0.05) is 54.1 Å². The summed E-state index contributed by atoms with van der Waals surface area (Å²) in [4.78, 5) is 24.6. The number of pyridine rings is 1. The van der Waals surface area contributed by atoms with Crippen molar-refractivity contribution in [1.29, 1.82) is 0 Å². The number of aryl methyl sites for hydroxylation is 2. The van der Waals surface area contributed by atoms with E-state index < -0.39 is 0 Å². The summed E-state index contributed by atoms with van der Waals surface area (Å²) >= 11 is 0. The van der Waals surface area contributed by atoms with Gasteiger partial charge in [0.05, 0.1) is 23.0 Å². The number of nitrogens with zero attached hydrogens (tertiary/aromatic N) is 3. The average molecular weight is 419 g/mol. The summed E-state index contributed by atoms with van der Waals surface area (Å²) < 4.78 is 0. The second kappa shape index (κ2) is 8.07. The van der Waals surface area contributed by atoms with Crippen molar-refractivity contribution in [2.45, 2.75) is 13.8 Å². The first kappa shape index (κ1) is 19.6. The highest BCUT2D eigenvalue weighted by Crippen LogP contribution is 2.28. The maximum Gasteiger partial charge on any atom is 0.257 e.